The fourth-order valence-corrected chi connectivity index (χ4v) is 3.37. The van der Waals surface area contributed by atoms with E-state index in [9.17, 15) is 4.79 Å². The minimum Gasteiger partial charge on any atom is -0.371 e. The van der Waals surface area contributed by atoms with Crippen LogP contribution in [-0.2, 0) is 4.79 Å². The molecule has 2 aliphatic heterocycles. The largest absolute Gasteiger partial charge is 0.371 e. The Hall–Kier alpha value is -2.67. The van der Waals surface area contributed by atoms with Crippen molar-refractivity contribution in [3.8, 4) is 0 Å². The van der Waals surface area contributed by atoms with Crippen LogP contribution in [0.1, 0.15) is 0 Å². The van der Waals surface area contributed by atoms with Crippen molar-refractivity contribution >= 4 is 17.3 Å². The van der Waals surface area contributed by atoms with Gasteiger partial charge in [0.25, 0.3) is 0 Å². The number of hydrogen-bond donors (Lipinski definition) is 2. The maximum atomic E-state index is 11.2. The van der Waals surface area contributed by atoms with Crippen LogP contribution >= 0.6 is 0 Å². The summed E-state index contributed by atoms with van der Waals surface area (Å²) in [5.74, 6) is 1.10. The third-order valence-electron chi connectivity index (χ3n) is 5.00. The second-order valence-electron chi connectivity index (χ2n) is 6.96. The zero-order valence-corrected chi connectivity index (χ0v) is 16.0. The molecule has 0 unspecified atom stereocenters. The van der Waals surface area contributed by atoms with Gasteiger partial charge in [-0.05, 0) is 31.3 Å². The van der Waals surface area contributed by atoms with E-state index >= 15 is 0 Å². The lowest BCUT2D eigenvalue weighted by molar-refractivity contribution is -0.125. The molecule has 2 N–H and O–H groups in total. The normalized spacial score (nSPS) is 16.7. The van der Waals surface area contributed by atoms with Crippen LogP contribution in [0, 0.1) is 11.8 Å². The molecule has 4 rings (SSSR count). The van der Waals surface area contributed by atoms with Crippen molar-refractivity contribution in [2.75, 3.05) is 56.6 Å². The van der Waals surface area contributed by atoms with Crippen LogP contribution in [0.15, 0.2) is 49.1 Å². The summed E-state index contributed by atoms with van der Waals surface area (Å²) in [5, 5.41) is 5.86. The molecule has 2 fully saturated rings. The van der Waals surface area contributed by atoms with Gasteiger partial charge in [0.2, 0.25) is 5.91 Å². The van der Waals surface area contributed by atoms with Crippen LogP contribution < -0.4 is 20.4 Å². The van der Waals surface area contributed by atoms with E-state index in [0.717, 1.165) is 31.2 Å². The van der Waals surface area contributed by atoms with Gasteiger partial charge in [0.05, 0.1) is 5.92 Å². The van der Waals surface area contributed by atoms with Crippen molar-refractivity contribution in [2.24, 2.45) is 11.8 Å². The summed E-state index contributed by atoms with van der Waals surface area (Å²) in [6.45, 7) is 5.09. The maximum Gasteiger partial charge on any atom is 0.226 e. The van der Waals surface area contributed by atoms with E-state index < -0.39 is 0 Å². The standard InChI is InChI=1S/C10H13N3O.C10H15N3/c1-11-10(14)8-6-13(7-8)9-2-4-12-5-3-9;1-11-6-9-7-13(8-9)10-2-4-12-5-3-10/h2-5,8H,6-7H2,1H3,(H,11,14);2-5,9,11H,6-8H2,1H3. The predicted molar refractivity (Wildman–Crippen MR) is 108 cm³/mol. The van der Waals surface area contributed by atoms with Crippen molar-refractivity contribution in [1.29, 1.82) is 0 Å². The van der Waals surface area contributed by atoms with E-state index in [-0.39, 0.29) is 11.8 Å². The molecule has 2 aromatic heterocycles. The molecule has 4 heterocycles. The summed E-state index contributed by atoms with van der Waals surface area (Å²) < 4.78 is 0. The third kappa shape index (κ3) is 4.95. The van der Waals surface area contributed by atoms with Crippen LogP contribution in [0.4, 0.5) is 11.4 Å². The number of amides is 1. The van der Waals surface area contributed by atoms with Crippen molar-refractivity contribution in [2.45, 2.75) is 0 Å². The van der Waals surface area contributed by atoms with Gasteiger partial charge in [-0.1, -0.05) is 0 Å². The number of nitrogens with one attached hydrogen (secondary N) is 2. The molecule has 2 aromatic rings. The van der Waals surface area contributed by atoms with Crippen molar-refractivity contribution < 1.29 is 4.79 Å². The van der Waals surface area contributed by atoms with Gasteiger partial charge in [-0.25, -0.2) is 0 Å². The molecule has 144 valence electrons. The van der Waals surface area contributed by atoms with Crippen molar-refractivity contribution in [3.05, 3.63) is 49.1 Å². The number of aromatic nitrogens is 2. The van der Waals surface area contributed by atoms with Crippen molar-refractivity contribution in [1.82, 2.24) is 20.6 Å². The predicted octanol–water partition coefficient (Wildman–Crippen LogP) is 1.00. The molecule has 0 saturated carbocycles. The highest BCUT2D eigenvalue weighted by Gasteiger charge is 2.31. The van der Waals surface area contributed by atoms with Gasteiger partial charge >= 0.3 is 0 Å². The Labute approximate surface area is 160 Å². The number of anilines is 2. The molecular weight excluding hydrogens is 340 g/mol. The summed E-state index contributed by atoms with van der Waals surface area (Å²) in [6.07, 6.45) is 7.23. The van der Waals surface area contributed by atoms with E-state index in [4.69, 9.17) is 0 Å². The minimum absolute atomic E-state index is 0.135. The Kier molecular flexibility index (Phi) is 6.59. The summed E-state index contributed by atoms with van der Waals surface area (Å²) in [4.78, 5) is 23.7. The lowest BCUT2D eigenvalue weighted by Crippen LogP contribution is -2.53. The van der Waals surface area contributed by atoms with Crippen LogP contribution in [0.2, 0.25) is 0 Å². The molecule has 0 spiro atoms. The molecule has 0 aliphatic carbocycles. The molecule has 0 bridgehead atoms. The Balaban J connectivity index is 0.000000156. The molecule has 0 aromatic carbocycles. The number of carbonyl (C=O) groups excluding carboxylic acids is 1. The summed E-state index contributed by atoms with van der Waals surface area (Å²) >= 11 is 0. The number of hydrogen-bond acceptors (Lipinski definition) is 6. The first-order valence-electron chi connectivity index (χ1n) is 9.37. The van der Waals surface area contributed by atoms with Gasteiger partial charge in [0.1, 0.15) is 0 Å². The van der Waals surface area contributed by atoms with Crippen LogP contribution in [0.3, 0.4) is 0 Å². The zero-order valence-electron chi connectivity index (χ0n) is 16.0. The first-order valence-corrected chi connectivity index (χ1v) is 9.37. The summed E-state index contributed by atoms with van der Waals surface area (Å²) in [5.41, 5.74) is 2.43. The molecule has 2 aliphatic rings. The lowest BCUT2D eigenvalue weighted by atomic mass is 9.98. The maximum absolute atomic E-state index is 11.2. The van der Waals surface area contributed by atoms with Gasteiger partial charge in [0.15, 0.2) is 0 Å². The Morgan fingerprint density at radius 2 is 1.41 bits per heavy atom. The van der Waals surface area contributed by atoms with E-state index in [1.54, 1.807) is 19.4 Å². The number of rotatable bonds is 5. The fourth-order valence-electron chi connectivity index (χ4n) is 3.37. The zero-order chi connectivity index (χ0) is 19.1. The van der Waals surface area contributed by atoms with Gasteiger partial charge in [-0.2, -0.15) is 0 Å². The fraction of sp³-hybridized carbons (Fsp3) is 0.450. The molecule has 0 radical (unpaired) electrons. The first-order chi connectivity index (χ1) is 13.2. The lowest BCUT2D eigenvalue weighted by Gasteiger charge is -2.41. The Morgan fingerprint density at radius 1 is 0.926 bits per heavy atom. The van der Waals surface area contributed by atoms with E-state index in [0.29, 0.717) is 0 Å². The number of pyridine rings is 2. The highest BCUT2D eigenvalue weighted by Crippen LogP contribution is 2.24. The van der Waals surface area contributed by atoms with Crippen LogP contribution in [0.5, 0.6) is 0 Å². The third-order valence-corrected chi connectivity index (χ3v) is 5.00. The SMILES string of the molecule is CNC(=O)C1CN(c2ccncc2)C1.CNCC1CN(c2ccncc2)C1. The highest BCUT2D eigenvalue weighted by molar-refractivity contribution is 5.81. The average Bonchev–Trinajstić information content (AvgIpc) is 2.65. The number of nitrogens with zero attached hydrogens (tertiary/aromatic N) is 4. The Bertz CT molecular complexity index is 699. The van der Waals surface area contributed by atoms with E-state index in [1.165, 1.54) is 18.8 Å². The van der Waals surface area contributed by atoms with Gasteiger partial charge in [-0.3, -0.25) is 14.8 Å². The van der Waals surface area contributed by atoms with Gasteiger partial charge in [0, 0.05) is 81.9 Å². The topological polar surface area (TPSA) is 73.4 Å². The molecule has 7 nitrogen and oxygen atoms in total. The number of carbonyl (C=O) groups is 1. The summed E-state index contributed by atoms with van der Waals surface area (Å²) in [7, 11) is 3.69. The molecule has 1 amide bonds. The van der Waals surface area contributed by atoms with E-state index in [2.05, 4.69) is 42.5 Å². The van der Waals surface area contributed by atoms with Crippen LogP contribution in [-0.4, -0.2) is 62.7 Å². The average molecular weight is 368 g/mol. The quantitative estimate of drug-likeness (QED) is 0.820. The first kappa shape index (κ1) is 19.1. The van der Waals surface area contributed by atoms with Crippen LogP contribution in [0.25, 0.3) is 0 Å². The highest BCUT2D eigenvalue weighted by atomic mass is 16.1. The molecule has 2 saturated heterocycles. The molecule has 27 heavy (non-hydrogen) atoms. The molecule has 0 atom stereocenters. The molecule has 7 heteroatoms. The van der Waals surface area contributed by atoms with Gasteiger partial charge in [-0.15, -0.1) is 0 Å². The van der Waals surface area contributed by atoms with Gasteiger partial charge < -0.3 is 20.4 Å². The van der Waals surface area contributed by atoms with E-state index in [1.807, 2.05) is 31.6 Å². The Morgan fingerprint density at radius 3 is 1.85 bits per heavy atom. The monoisotopic (exact) mass is 368 g/mol. The minimum atomic E-state index is 0.135. The van der Waals surface area contributed by atoms with Crippen molar-refractivity contribution in [3.63, 3.8) is 0 Å². The second-order valence-corrected chi connectivity index (χ2v) is 6.96. The summed E-state index contributed by atoms with van der Waals surface area (Å²) in [6, 6.07) is 8.05. The second kappa shape index (κ2) is 9.32. The smallest absolute Gasteiger partial charge is 0.226 e. The molecular formula is C20H28N6O.